The van der Waals surface area contributed by atoms with Gasteiger partial charge in [0, 0.05) is 30.1 Å². The predicted molar refractivity (Wildman–Crippen MR) is 77.7 cm³/mol. The molecule has 110 valence electrons. The Morgan fingerprint density at radius 1 is 1.38 bits per heavy atom. The highest BCUT2D eigenvalue weighted by Crippen LogP contribution is 2.40. The Hall–Kier alpha value is -2.01. The molecule has 3 rings (SSSR count). The van der Waals surface area contributed by atoms with Gasteiger partial charge in [-0.05, 0) is 43.5 Å². The molecule has 21 heavy (non-hydrogen) atoms. The van der Waals surface area contributed by atoms with Gasteiger partial charge in [-0.25, -0.2) is 4.39 Å². The van der Waals surface area contributed by atoms with Crippen LogP contribution in [0.15, 0.2) is 24.3 Å². The molecule has 0 radical (unpaired) electrons. The van der Waals surface area contributed by atoms with E-state index in [0.29, 0.717) is 35.3 Å². The van der Waals surface area contributed by atoms with Gasteiger partial charge in [0.1, 0.15) is 5.82 Å². The van der Waals surface area contributed by atoms with E-state index in [0.717, 1.165) is 18.5 Å². The van der Waals surface area contributed by atoms with Gasteiger partial charge in [0.05, 0.1) is 11.1 Å². The van der Waals surface area contributed by atoms with Crippen molar-refractivity contribution in [2.75, 3.05) is 13.2 Å². The summed E-state index contributed by atoms with van der Waals surface area (Å²) in [6.07, 6.45) is 2.68. The van der Waals surface area contributed by atoms with Crippen LogP contribution in [0.4, 0.5) is 4.39 Å². The third kappa shape index (κ3) is 3.03. The van der Waals surface area contributed by atoms with Gasteiger partial charge in [-0.2, -0.15) is 0 Å². The van der Waals surface area contributed by atoms with Gasteiger partial charge in [-0.15, -0.1) is 0 Å². The Labute approximate surface area is 122 Å². The maximum atomic E-state index is 13.5. The fraction of sp³-hybridized carbons (Fsp3) is 0.375. The Balaban J connectivity index is 2.00. The number of nitrogens with one attached hydrogen (secondary N) is 1. The summed E-state index contributed by atoms with van der Waals surface area (Å²) in [7, 11) is 0. The zero-order chi connectivity index (χ0) is 14.8. The average molecular weight is 288 g/mol. The minimum absolute atomic E-state index is 0.0271. The number of halogens is 1. The van der Waals surface area contributed by atoms with Crippen molar-refractivity contribution in [1.82, 2.24) is 10.3 Å². The quantitative estimate of drug-likeness (QED) is 0.830. The van der Waals surface area contributed by atoms with Gasteiger partial charge < -0.3 is 10.4 Å². The standard InChI is InChI=1S/C16H17FN2O2/c17-11-4-5-14-12(8-11)13(16(21)18-6-1-7-20)9-15(19-14)10-2-3-10/h4-5,8-10,20H,1-3,6-7H2,(H,18,21). The Bertz CT molecular complexity index is 683. The first kappa shape index (κ1) is 13.9. The number of fused-ring (bicyclic) bond motifs is 1. The Kier molecular flexibility index (Phi) is 3.84. The van der Waals surface area contributed by atoms with E-state index in [9.17, 15) is 9.18 Å². The molecule has 0 spiro atoms. The molecule has 0 bridgehead atoms. The SMILES string of the molecule is O=C(NCCCO)c1cc(C2CC2)nc2ccc(F)cc12. The number of carbonyl (C=O) groups excluding carboxylic acids is 1. The fourth-order valence-electron chi connectivity index (χ4n) is 2.37. The molecule has 1 saturated carbocycles. The van der Waals surface area contributed by atoms with E-state index in [-0.39, 0.29) is 18.3 Å². The van der Waals surface area contributed by atoms with E-state index in [1.807, 2.05) is 0 Å². The summed E-state index contributed by atoms with van der Waals surface area (Å²) in [6, 6.07) is 6.09. The number of aromatic nitrogens is 1. The lowest BCUT2D eigenvalue weighted by Gasteiger charge is -2.10. The summed E-state index contributed by atoms with van der Waals surface area (Å²) in [6.45, 7) is 0.423. The van der Waals surface area contributed by atoms with Crippen LogP contribution in [0.3, 0.4) is 0 Å². The van der Waals surface area contributed by atoms with Gasteiger partial charge in [-0.3, -0.25) is 9.78 Å². The third-order valence-corrected chi connectivity index (χ3v) is 3.65. The first-order valence-corrected chi connectivity index (χ1v) is 7.18. The highest BCUT2D eigenvalue weighted by Gasteiger charge is 2.27. The minimum Gasteiger partial charge on any atom is -0.396 e. The number of rotatable bonds is 5. The van der Waals surface area contributed by atoms with Crippen LogP contribution in [0.2, 0.25) is 0 Å². The van der Waals surface area contributed by atoms with Gasteiger partial charge in [0.15, 0.2) is 0 Å². The van der Waals surface area contributed by atoms with Crippen LogP contribution in [0.1, 0.15) is 41.2 Å². The number of amides is 1. The molecule has 1 amide bonds. The molecule has 0 aliphatic heterocycles. The maximum Gasteiger partial charge on any atom is 0.252 e. The van der Waals surface area contributed by atoms with E-state index < -0.39 is 0 Å². The zero-order valence-corrected chi connectivity index (χ0v) is 11.6. The third-order valence-electron chi connectivity index (χ3n) is 3.65. The molecule has 1 heterocycles. The molecular weight excluding hydrogens is 271 g/mol. The van der Waals surface area contributed by atoms with E-state index in [1.165, 1.54) is 12.1 Å². The number of benzene rings is 1. The topological polar surface area (TPSA) is 62.2 Å². The van der Waals surface area contributed by atoms with Crippen molar-refractivity contribution in [3.63, 3.8) is 0 Å². The molecule has 1 aromatic carbocycles. The second-order valence-corrected chi connectivity index (χ2v) is 5.36. The van der Waals surface area contributed by atoms with Crippen LogP contribution in [0, 0.1) is 5.82 Å². The van der Waals surface area contributed by atoms with Gasteiger partial charge in [0.2, 0.25) is 0 Å². The van der Waals surface area contributed by atoms with Crippen molar-refractivity contribution in [3.8, 4) is 0 Å². The van der Waals surface area contributed by atoms with Crippen molar-refractivity contribution in [1.29, 1.82) is 0 Å². The van der Waals surface area contributed by atoms with E-state index in [1.54, 1.807) is 12.1 Å². The molecule has 2 aromatic rings. The van der Waals surface area contributed by atoms with Crippen molar-refractivity contribution >= 4 is 16.8 Å². The predicted octanol–water partition coefficient (Wildman–Crippen LogP) is 2.36. The largest absolute Gasteiger partial charge is 0.396 e. The van der Waals surface area contributed by atoms with Crippen LogP contribution >= 0.6 is 0 Å². The monoisotopic (exact) mass is 288 g/mol. The number of pyridine rings is 1. The number of aliphatic hydroxyl groups is 1. The summed E-state index contributed by atoms with van der Waals surface area (Å²) >= 11 is 0. The lowest BCUT2D eigenvalue weighted by atomic mass is 10.0. The van der Waals surface area contributed by atoms with Crippen molar-refractivity contribution in [2.45, 2.75) is 25.2 Å². The normalized spacial score (nSPS) is 14.4. The summed E-state index contributed by atoms with van der Waals surface area (Å²) in [4.78, 5) is 16.8. The molecule has 1 fully saturated rings. The smallest absolute Gasteiger partial charge is 0.252 e. The molecule has 1 aromatic heterocycles. The van der Waals surface area contributed by atoms with Gasteiger partial charge >= 0.3 is 0 Å². The molecule has 0 atom stereocenters. The van der Waals surface area contributed by atoms with Crippen LogP contribution < -0.4 is 5.32 Å². The number of carbonyl (C=O) groups is 1. The summed E-state index contributed by atoms with van der Waals surface area (Å²) in [5.41, 5.74) is 2.01. The summed E-state index contributed by atoms with van der Waals surface area (Å²) in [5, 5.41) is 12.0. The number of nitrogens with zero attached hydrogens (tertiary/aromatic N) is 1. The molecular formula is C16H17FN2O2. The Morgan fingerprint density at radius 2 is 2.19 bits per heavy atom. The van der Waals surface area contributed by atoms with Crippen LogP contribution in [0.25, 0.3) is 10.9 Å². The lowest BCUT2D eigenvalue weighted by molar-refractivity contribution is 0.0952. The van der Waals surface area contributed by atoms with Crippen molar-refractivity contribution in [3.05, 3.63) is 41.3 Å². The van der Waals surface area contributed by atoms with E-state index in [2.05, 4.69) is 10.3 Å². The summed E-state index contributed by atoms with van der Waals surface area (Å²) in [5.74, 6) is -0.209. The number of aliphatic hydroxyl groups excluding tert-OH is 1. The van der Waals surface area contributed by atoms with Gasteiger partial charge in [-0.1, -0.05) is 0 Å². The van der Waals surface area contributed by atoms with Crippen LogP contribution in [0.5, 0.6) is 0 Å². The molecule has 0 saturated heterocycles. The molecule has 5 heteroatoms. The molecule has 1 aliphatic carbocycles. The van der Waals surface area contributed by atoms with Crippen LogP contribution in [-0.2, 0) is 0 Å². The Morgan fingerprint density at radius 3 is 2.90 bits per heavy atom. The second-order valence-electron chi connectivity index (χ2n) is 5.36. The van der Waals surface area contributed by atoms with Crippen molar-refractivity contribution < 1.29 is 14.3 Å². The highest BCUT2D eigenvalue weighted by molar-refractivity contribution is 6.06. The first-order valence-electron chi connectivity index (χ1n) is 7.18. The van der Waals surface area contributed by atoms with E-state index in [4.69, 9.17) is 5.11 Å². The van der Waals surface area contributed by atoms with Crippen LogP contribution in [-0.4, -0.2) is 29.1 Å². The number of hydrogen-bond donors (Lipinski definition) is 2. The average Bonchev–Trinajstić information content (AvgIpc) is 3.31. The van der Waals surface area contributed by atoms with Crippen molar-refractivity contribution in [2.24, 2.45) is 0 Å². The maximum absolute atomic E-state index is 13.5. The second kappa shape index (κ2) is 5.77. The molecule has 2 N–H and O–H groups in total. The minimum atomic E-state index is -0.382. The zero-order valence-electron chi connectivity index (χ0n) is 11.6. The first-order chi connectivity index (χ1) is 10.2. The van der Waals surface area contributed by atoms with E-state index >= 15 is 0 Å². The fourth-order valence-corrected chi connectivity index (χ4v) is 2.37. The molecule has 1 aliphatic rings. The lowest BCUT2D eigenvalue weighted by Crippen LogP contribution is -2.25. The highest BCUT2D eigenvalue weighted by atomic mass is 19.1. The number of hydrogen-bond acceptors (Lipinski definition) is 3. The molecule has 4 nitrogen and oxygen atoms in total. The van der Waals surface area contributed by atoms with Gasteiger partial charge in [0.25, 0.3) is 5.91 Å². The molecule has 0 unspecified atom stereocenters. The summed E-state index contributed by atoms with van der Waals surface area (Å²) < 4.78 is 13.5.